The zero-order valence-corrected chi connectivity index (χ0v) is 12.0. The lowest BCUT2D eigenvalue weighted by atomic mass is 10.1. The van der Waals surface area contributed by atoms with E-state index in [4.69, 9.17) is 18.0 Å². The summed E-state index contributed by atoms with van der Waals surface area (Å²) in [6.45, 7) is 0. The van der Waals surface area contributed by atoms with Gasteiger partial charge in [-0.1, -0.05) is 28.1 Å². The number of nitrogens with zero attached hydrogens (tertiary/aromatic N) is 2. The molecular formula is C12H9BrN4OS. The van der Waals surface area contributed by atoms with Crippen LogP contribution in [0.15, 0.2) is 41.1 Å². The number of rotatable bonds is 3. The molecule has 0 unspecified atom stereocenters. The van der Waals surface area contributed by atoms with Crippen molar-refractivity contribution in [3.63, 3.8) is 0 Å². The lowest BCUT2D eigenvalue weighted by Gasteiger charge is -2.10. The van der Waals surface area contributed by atoms with Crippen molar-refractivity contribution in [2.45, 2.75) is 0 Å². The molecule has 0 atom stereocenters. The average molecular weight is 337 g/mol. The normalized spacial score (nSPS) is 9.95. The summed E-state index contributed by atoms with van der Waals surface area (Å²) in [7, 11) is 0. The van der Waals surface area contributed by atoms with Gasteiger partial charge >= 0.3 is 0 Å². The first-order chi connectivity index (χ1) is 9.08. The van der Waals surface area contributed by atoms with Crippen molar-refractivity contribution in [3.8, 4) is 0 Å². The van der Waals surface area contributed by atoms with Gasteiger partial charge in [0.15, 0.2) is 0 Å². The molecule has 0 spiro atoms. The van der Waals surface area contributed by atoms with Crippen LogP contribution >= 0.6 is 28.1 Å². The maximum absolute atomic E-state index is 12.0. The quantitative estimate of drug-likeness (QED) is 0.839. The van der Waals surface area contributed by atoms with Gasteiger partial charge in [0.25, 0.3) is 5.91 Å². The minimum atomic E-state index is -0.297. The van der Waals surface area contributed by atoms with Crippen LogP contribution in [0.25, 0.3) is 0 Å². The van der Waals surface area contributed by atoms with E-state index >= 15 is 0 Å². The summed E-state index contributed by atoms with van der Waals surface area (Å²) in [5.41, 5.74) is 7.19. The predicted octanol–water partition coefficient (Wildman–Crippen LogP) is 2.13. The third-order valence-corrected chi connectivity index (χ3v) is 3.05. The minimum absolute atomic E-state index is 0.212. The monoisotopic (exact) mass is 336 g/mol. The van der Waals surface area contributed by atoms with E-state index in [9.17, 15) is 4.79 Å². The number of nitrogens with one attached hydrogen (secondary N) is 1. The minimum Gasteiger partial charge on any atom is -0.389 e. The molecule has 7 heteroatoms. The number of carbonyl (C=O) groups excluding carboxylic acids is 1. The van der Waals surface area contributed by atoms with Crippen molar-refractivity contribution < 1.29 is 4.79 Å². The van der Waals surface area contributed by atoms with E-state index in [1.165, 1.54) is 12.4 Å². The number of nitrogens with two attached hydrogens (primary N) is 1. The standard InChI is InChI=1S/C12H9BrN4OS/c13-8-1-2-10(9(5-8)11(14)19)17-12(18)7-3-4-15-16-6-7/h1-6H,(H2,14,19)(H,17,18). The topological polar surface area (TPSA) is 80.9 Å². The van der Waals surface area contributed by atoms with Gasteiger partial charge in [0, 0.05) is 10.0 Å². The van der Waals surface area contributed by atoms with E-state index in [-0.39, 0.29) is 10.9 Å². The Morgan fingerprint density at radius 2 is 2.11 bits per heavy atom. The van der Waals surface area contributed by atoms with Crippen LogP contribution in [0, 0.1) is 0 Å². The second-order valence-corrected chi connectivity index (χ2v) is 4.99. The molecule has 0 aliphatic heterocycles. The third-order valence-electron chi connectivity index (χ3n) is 2.34. The van der Waals surface area contributed by atoms with E-state index in [2.05, 4.69) is 31.4 Å². The predicted molar refractivity (Wildman–Crippen MR) is 80.0 cm³/mol. The molecule has 0 fully saturated rings. The molecule has 1 amide bonds. The zero-order chi connectivity index (χ0) is 13.8. The van der Waals surface area contributed by atoms with Gasteiger partial charge in [-0.25, -0.2) is 0 Å². The van der Waals surface area contributed by atoms with E-state index in [1.54, 1.807) is 24.3 Å². The van der Waals surface area contributed by atoms with E-state index in [0.29, 0.717) is 16.8 Å². The number of hydrogen-bond donors (Lipinski definition) is 2. The maximum Gasteiger partial charge on any atom is 0.257 e. The summed E-state index contributed by atoms with van der Waals surface area (Å²) < 4.78 is 0.832. The number of carbonyl (C=O) groups is 1. The Hall–Kier alpha value is -1.86. The molecule has 0 saturated carbocycles. The number of anilines is 1. The number of amides is 1. The SMILES string of the molecule is NC(=S)c1cc(Br)ccc1NC(=O)c1ccnnc1. The molecule has 5 nitrogen and oxygen atoms in total. The summed E-state index contributed by atoms with van der Waals surface area (Å²) in [6, 6.07) is 6.84. The summed E-state index contributed by atoms with van der Waals surface area (Å²) in [5.74, 6) is -0.297. The first-order valence-corrected chi connectivity index (χ1v) is 6.45. The smallest absolute Gasteiger partial charge is 0.257 e. The Kier molecular flexibility index (Phi) is 4.18. The molecule has 0 bridgehead atoms. The average Bonchev–Trinajstić information content (AvgIpc) is 2.41. The number of benzene rings is 1. The Morgan fingerprint density at radius 1 is 1.32 bits per heavy atom. The molecule has 1 aromatic heterocycles. The molecule has 0 radical (unpaired) electrons. The summed E-state index contributed by atoms with van der Waals surface area (Å²) in [5, 5.41) is 10.0. The van der Waals surface area contributed by atoms with Crippen LogP contribution in [0.4, 0.5) is 5.69 Å². The fraction of sp³-hybridized carbons (Fsp3) is 0. The molecule has 1 aromatic carbocycles. The van der Waals surface area contributed by atoms with Crippen LogP contribution in [-0.2, 0) is 0 Å². The lowest BCUT2D eigenvalue weighted by molar-refractivity contribution is 0.102. The van der Waals surface area contributed by atoms with Crippen LogP contribution < -0.4 is 11.1 Å². The van der Waals surface area contributed by atoms with E-state index < -0.39 is 0 Å². The molecule has 96 valence electrons. The van der Waals surface area contributed by atoms with E-state index in [0.717, 1.165) is 4.47 Å². The molecule has 2 aromatic rings. The van der Waals surface area contributed by atoms with Crippen LogP contribution in [-0.4, -0.2) is 21.1 Å². The van der Waals surface area contributed by atoms with Gasteiger partial charge < -0.3 is 11.1 Å². The van der Waals surface area contributed by atoms with Crippen molar-refractivity contribution in [2.24, 2.45) is 5.73 Å². The largest absolute Gasteiger partial charge is 0.389 e. The van der Waals surface area contributed by atoms with Crippen LogP contribution in [0.3, 0.4) is 0 Å². The van der Waals surface area contributed by atoms with Crippen molar-refractivity contribution in [3.05, 3.63) is 52.3 Å². The molecule has 3 N–H and O–H groups in total. The fourth-order valence-electron chi connectivity index (χ4n) is 1.45. The van der Waals surface area contributed by atoms with Crippen LogP contribution in [0.1, 0.15) is 15.9 Å². The molecule has 2 rings (SSSR count). The number of hydrogen-bond acceptors (Lipinski definition) is 4. The lowest BCUT2D eigenvalue weighted by Crippen LogP contribution is -2.17. The Labute approximate surface area is 123 Å². The van der Waals surface area contributed by atoms with Gasteiger partial charge in [-0.3, -0.25) is 4.79 Å². The molecule has 19 heavy (non-hydrogen) atoms. The van der Waals surface area contributed by atoms with Crippen molar-refractivity contribution in [2.75, 3.05) is 5.32 Å². The molecular weight excluding hydrogens is 328 g/mol. The van der Waals surface area contributed by atoms with Crippen LogP contribution in [0.5, 0.6) is 0 Å². The summed E-state index contributed by atoms with van der Waals surface area (Å²) in [4.78, 5) is 12.2. The zero-order valence-electron chi connectivity index (χ0n) is 9.63. The highest BCUT2D eigenvalue weighted by atomic mass is 79.9. The highest BCUT2D eigenvalue weighted by Gasteiger charge is 2.11. The Balaban J connectivity index is 2.29. The molecule has 0 aliphatic carbocycles. The highest BCUT2D eigenvalue weighted by Crippen LogP contribution is 2.21. The number of thiocarbonyl (C=S) groups is 1. The van der Waals surface area contributed by atoms with Crippen LogP contribution in [0.2, 0.25) is 0 Å². The van der Waals surface area contributed by atoms with Gasteiger partial charge in [-0.15, -0.1) is 0 Å². The van der Waals surface area contributed by atoms with Gasteiger partial charge in [0.2, 0.25) is 0 Å². The third kappa shape index (κ3) is 3.33. The van der Waals surface area contributed by atoms with Gasteiger partial charge in [0.05, 0.1) is 23.6 Å². The molecule has 1 heterocycles. The summed E-state index contributed by atoms with van der Waals surface area (Å²) >= 11 is 8.29. The Bertz CT molecular complexity index is 633. The van der Waals surface area contributed by atoms with Gasteiger partial charge in [-0.2, -0.15) is 10.2 Å². The maximum atomic E-state index is 12.0. The Morgan fingerprint density at radius 3 is 2.74 bits per heavy atom. The highest BCUT2D eigenvalue weighted by molar-refractivity contribution is 9.10. The number of aromatic nitrogens is 2. The first-order valence-electron chi connectivity index (χ1n) is 5.25. The second kappa shape index (κ2) is 5.85. The second-order valence-electron chi connectivity index (χ2n) is 3.64. The van der Waals surface area contributed by atoms with Crippen molar-refractivity contribution in [1.29, 1.82) is 0 Å². The fourth-order valence-corrected chi connectivity index (χ4v) is 1.98. The number of halogens is 1. The van der Waals surface area contributed by atoms with Crippen molar-refractivity contribution >= 4 is 44.7 Å². The first kappa shape index (κ1) is 13.6. The summed E-state index contributed by atoms with van der Waals surface area (Å²) in [6.07, 6.45) is 2.83. The molecule has 0 saturated heterocycles. The van der Waals surface area contributed by atoms with Gasteiger partial charge in [-0.05, 0) is 24.3 Å². The van der Waals surface area contributed by atoms with E-state index in [1.807, 2.05) is 0 Å². The van der Waals surface area contributed by atoms with Crippen molar-refractivity contribution in [1.82, 2.24) is 10.2 Å². The molecule has 0 aliphatic rings. The van der Waals surface area contributed by atoms with Gasteiger partial charge in [0.1, 0.15) is 4.99 Å².